The van der Waals surface area contributed by atoms with E-state index in [1.165, 1.54) is 24.1 Å². The molecule has 0 aromatic heterocycles. The van der Waals surface area contributed by atoms with Gasteiger partial charge in [0.25, 0.3) is 0 Å². The molecule has 3 amide bonds. The van der Waals surface area contributed by atoms with Crippen molar-refractivity contribution in [1.29, 1.82) is 0 Å². The van der Waals surface area contributed by atoms with Crippen molar-refractivity contribution in [3.05, 3.63) is 42.0 Å². The lowest BCUT2D eigenvalue weighted by atomic mass is 9.97. The maximum atomic E-state index is 12.5. The zero-order valence-electron chi connectivity index (χ0n) is 16.8. The first-order valence-electron chi connectivity index (χ1n) is 10.4. The Morgan fingerprint density at radius 1 is 1.07 bits per heavy atom. The summed E-state index contributed by atoms with van der Waals surface area (Å²) in [5, 5.41) is 5.78. The Balaban J connectivity index is 1.36. The molecular weight excluding hydrogens is 352 g/mol. The van der Waals surface area contributed by atoms with Gasteiger partial charge in [-0.1, -0.05) is 29.8 Å². The Kier molecular flexibility index (Phi) is 7.34. The maximum Gasteiger partial charge on any atom is 0.318 e. The highest BCUT2D eigenvalue weighted by Gasteiger charge is 2.24. The summed E-state index contributed by atoms with van der Waals surface area (Å²) in [6.45, 7) is 5.29. The number of nitrogens with zero attached hydrogens (tertiary/aromatic N) is 2. The first-order chi connectivity index (χ1) is 13.6. The number of amides is 3. The van der Waals surface area contributed by atoms with Crippen LogP contribution >= 0.6 is 0 Å². The fraction of sp³-hybridized carbons (Fsp3) is 0.545. The number of para-hydroxylation sites is 1. The zero-order valence-corrected chi connectivity index (χ0v) is 16.8. The summed E-state index contributed by atoms with van der Waals surface area (Å²) in [5.74, 6) is -0.118. The molecule has 0 saturated carbocycles. The van der Waals surface area contributed by atoms with Crippen molar-refractivity contribution in [2.24, 2.45) is 0 Å². The number of hydrogen-bond donors (Lipinski definition) is 2. The number of allylic oxidation sites excluding steroid dienone is 1. The lowest BCUT2D eigenvalue weighted by Crippen LogP contribution is -2.55. The number of piperazine rings is 1. The van der Waals surface area contributed by atoms with Crippen LogP contribution in [0.4, 0.5) is 10.5 Å². The summed E-state index contributed by atoms with van der Waals surface area (Å²) in [4.78, 5) is 28.8. The van der Waals surface area contributed by atoms with Crippen LogP contribution in [0.15, 0.2) is 42.0 Å². The van der Waals surface area contributed by atoms with Gasteiger partial charge in [0.05, 0.1) is 0 Å². The minimum Gasteiger partial charge on any atom is -0.368 e. The van der Waals surface area contributed by atoms with Gasteiger partial charge >= 0.3 is 6.03 Å². The molecule has 3 rings (SSSR count). The minimum atomic E-state index is -0.528. The van der Waals surface area contributed by atoms with Crippen LogP contribution in [0, 0.1) is 0 Å². The van der Waals surface area contributed by atoms with Crippen LogP contribution in [0.25, 0.3) is 0 Å². The second kappa shape index (κ2) is 10.2. The summed E-state index contributed by atoms with van der Waals surface area (Å²) < 4.78 is 0. The van der Waals surface area contributed by atoms with E-state index in [-0.39, 0.29) is 11.9 Å². The Morgan fingerprint density at radius 2 is 1.82 bits per heavy atom. The molecule has 1 aliphatic carbocycles. The third-order valence-electron chi connectivity index (χ3n) is 5.55. The molecule has 1 fully saturated rings. The van der Waals surface area contributed by atoms with Crippen molar-refractivity contribution < 1.29 is 9.59 Å². The standard InChI is InChI=1S/C22H32N4O2/c1-18(21(27)23-13-12-19-8-4-2-5-9-19)24-22(28)26-16-14-25(15-17-26)20-10-6-3-7-11-20/h3,6-8,10-11,18H,2,4-5,9,12-17H2,1H3,(H,23,27)(H,24,28)/t18-/m1/s1. The van der Waals surface area contributed by atoms with Crippen molar-refractivity contribution in [2.45, 2.75) is 45.1 Å². The molecule has 0 unspecified atom stereocenters. The van der Waals surface area contributed by atoms with Gasteiger partial charge < -0.3 is 20.4 Å². The fourth-order valence-electron chi connectivity index (χ4n) is 3.78. The Morgan fingerprint density at radius 3 is 2.50 bits per heavy atom. The smallest absolute Gasteiger partial charge is 0.318 e. The predicted octanol–water partition coefficient (Wildman–Crippen LogP) is 2.91. The molecule has 6 heteroatoms. The van der Waals surface area contributed by atoms with Crippen LogP contribution in [-0.4, -0.2) is 55.6 Å². The number of nitrogens with one attached hydrogen (secondary N) is 2. The highest BCUT2D eigenvalue weighted by atomic mass is 16.2. The summed E-state index contributed by atoms with van der Waals surface area (Å²) in [6.07, 6.45) is 8.05. The molecule has 0 radical (unpaired) electrons. The van der Waals surface area contributed by atoms with E-state index in [1.807, 2.05) is 18.2 Å². The highest BCUT2D eigenvalue weighted by Crippen LogP contribution is 2.19. The molecule has 2 aliphatic rings. The van der Waals surface area contributed by atoms with Gasteiger partial charge in [-0.15, -0.1) is 0 Å². The van der Waals surface area contributed by atoms with Crippen LogP contribution < -0.4 is 15.5 Å². The lowest BCUT2D eigenvalue weighted by Gasteiger charge is -2.36. The Hall–Kier alpha value is -2.50. The molecular formula is C22H32N4O2. The van der Waals surface area contributed by atoms with Gasteiger partial charge in [-0.25, -0.2) is 4.79 Å². The number of benzene rings is 1. The molecule has 1 aliphatic heterocycles. The summed E-state index contributed by atoms with van der Waals surface area (Å²) in [6, 6.07) is 9.55. The molecule has 0 spiro atoms. The molecule has 2 N–H and O–H groups in total. The van der Waals surface area contributed by atoms with E-state index in [0.717, 1.165) is 32.4 Å². The molecule has 6 nitrogen and oxygen atoms in total. The van der Waals surface area contributed by atoms with Gasteiger partial charge in [-0.2, -0.15) is 0 Å². The van der Waals surface area contributed by atoms with Gasteiger partial charge in [-0.3, -0.25) is 4.79 Å². The summed E-state index contributed by atoms with van der Waals surface area (Å²) >= 11 is 0. The van der Waals surface area contributed by atoms with Crippen molar-refractivity contribution in [2.75, 3.05) is 37.6 Å². The van der Waals surface area contributed by atoms with Gasteiger partial charge in [0, 0.05) is 38.4 Å². The van der Waals surface area contributed by atoms with Crippen molar-refractivity contribution in [3.63, 3.8) is 0 Å². The molecule has 1 aromatic carbocycles. The second-order valence-electron chi connectivity index (χ2n) is 7.63. The van der Waals surface area contributed by atoms with Gasteiger partial charge in [0.1, 0.15) is 6.04 Å². The highest BCUT2D eigenvalue weighted by molar-refractivity contribution is 5.86. The molecule has 28 heavy (non-hydrogen) atoms. The number of carbonyl (C=O) groups is 2. The van der Waals surface area contributed by atoms with Crippen molar-refractivity contribution in [1.82, 2.24) is 15.5 Å². The largest absolute Gasteiger partial charge is 0.368 e. The quantitative estimate of drug-likeness (QED) is 0.741. The van der Waals surface area contributed by atoms with Crippen LogP contribution in [0.1, 0.15) is 39.0 Å². The average Bonchev–Trinajstić information content (AvgIpc) is 2.75. The molecule has 1 heterocycles. The van der Waals surface area contributed by atoms with E-state index in [2.05, 4.69) is 33.7 Å². The van der Waals surface area contributed by atoms with Crippen LogP contribution in [0.5, 0.6) is 0 Å². The molecule has 1 atom stereocenters. The van der Waals surface area contributed by atoms with Crippen molar-refractivity contribution >= 4 is 17.6 Å². The van der Waals surface area contributed by atoms with Crippen LogP contribution in [0.3, 0.4) is 0 Å². The first-order valence-corrected chi connectivity index (χ1v) is 10.4. The first kappa shape index (κ1) is 20.2. The third kappa shape index (κ3) is 5.75. The molecule has 1 aromatic rings. The monoisotopic (exact) mass is 384 g/mol. The number of rotatable bonds is 6. The van der Waals surface area contributed by atoms with E-state index in [9.17, 15) is 9.59 Å². The maximum absolute atomic E-state index is 12.5. The number of urea groups is 1. The van der Waals surface area contributed by atoms with E-state index < -0.39 is 6.04 Å². The molecule has 1 saturated heterocycles. The van der Waals surface area contributed by atoms with Crippen LogP contribution in [-0.2, 0) is 4.79 Å². The summed E-state index contributed by atoms with van der Waals surface area (Å²) in [5.41, 5.74) is 2.63. The van der Waals surface area contributed by atoms with Gasteiger partial charge in [0.15, 0.2) is 0 Å². The zero-order chi connectivity index (χ0) is 19.8. The van der Waals surface area contributed by atoms with Crippen LogP contribution in [0.2, 0.25) is 0 Å². The third-order valence-corrected chi connectivity index (χ3v) is 5.55. The number of carbonyl (C=O) groups excluding carboxylic acids is 2. The van der Waals surface area contributed by atoms with Gasteiger partial charge in [-0.05, 0) is 51.2 Å². The SMILES string of the molecule is C[C@@H](NC(=O)N1CCN(c2ccccc2)CC1)C(=O)NCCC1=CCCCC1. The predicted molar refractivity (Wildman–Crippen MR) is 112 cm³/mol. The number of anilines is 1. The minimum absolute atomic E-state index is 0.118. The second-order valence-corrected chi connectivity index (χ2v) is 7.63. The Bertz CT molecular complexity index is 681. The van der Waals surface area contributed by atoms with Gasteiger partial charge in [0.2, 0.25) is 5.91 Å². The van der Waals surface area contributed by atoms with E-state index >= 15 is 0 Å². The normalized spacial score (nSPS) is 18.2. The average molecular weight is 385 g/mol. The fourth-order valence-corrected chi connectivity index (χ4v) is 3.78. The van der Waals surface area contributed by atoms with Crippen molar-refractivity contribution in [3.8, 4) is 0 Å². The lowest BCUT2D eigenvalue weighted by molar-refractivity contribution is -0.122. The molecule has 152 valence electrons. The van der Waals surface area contributed by atoms with E-state index in [1.54, 1.807) is 11.8 Å². The van der Waals surface area contributed by atoms with E-state index in [0.29, 0.717) is 19.6 Å². The van der Waals surface area contributed by atoms with E-state index in [4.69, 9.17) is 0 Å². The summed E-state index contributed by atoms with van der Waals surface area (Å²) in [7, 11) is 0. The topological polar surface area (TPSA) is 64.7 Å². The Labute approximate surface area is 168 Å². The number of hydrogen-bond acceptors (Lipinski definition) is 3. The molecule has 0 bridgehead atoms.